The zero-order valence-electron chi connectivity index (χ0n) is 23.0. The molecular weight excluding hydrogens is 490 g/mol. The molecule has 0 saturated carbocycles. The van der Waals surface area contributed by atoms with E-state index in [2.05, 4.69) is 5.43 Å². The fourth-order valence-electron chi connectivity index (χ4n) is 3.88. The van der Waals surface area contributed by atoms with Crippen LogP contribution >= 0.6 is 0 Å². The highest BCUT2D eigenvalue weighted by molar-refractivity contribution is 6.00. The molecule has 0 aliphatic carbocycles. The lowest BCUT2D eigenvalue weighted by Gasteiger charge is -2.33. The van der Waals surface area contributed by atoms with E-state index in [0.717, 1.165) is 15.8 Å². The van der Waals surface area contributed by atoms with Gasteiger partial charge in [0.15, 0.2) is 12.2 Å². The fraction of sp³-hybridized carbons (Fsp3) is 0.500. The van der Waals surface area contributed by atoms with Crippen LogP contribution in [0.4, 0.5) is 10.5 Å². The number of fused-ring (bicyclic) bond motifs is 1. The largest absolute Gasteiger partial charge is 0.464 e. The number of hydrogen-bond acceptors (Lipinski definition) is 7. The summed E-state index contributed by atoms with van der Waals surface area (Å²) in [4.78, 5) is 53.1. The molecule has 0 bridgehead atoms. The summed E-state index contributed by atoms with van der Waals surface area (Å²) in [6.07, 6.45) is -2.74. The monoisotopic (exact) mass is 527 g/mol. The average molecular weight is 528 g/mol. The highest BCUT2D eigenvalue weighted by atomic mass is 16.6. The first-order valence-corrected chi connectivity index (χ1v) is 12.8. The van der Waals surface area contributed by atoms with E-state index in [9.17, 15) is 19.2 Å². The zero-order valence-corrected chi connectivity index (χ0v) is 23.0. The molecule has 3 rings (SSSR count). The SMILES string of the molecule is CCOC(=O)[C@@H]1O[C@H]1C(=O)N(CC(C)C)NC(=O)[C@H](C)N(C(=O)OC(C)(C)C)c1ccc2ccccc2c1. The van der Waals surface area contributed by atoms with Crippen molar-refractivity contribution in [2.45, 2.75) is 72.3 Å². The van der Waals surface area contributed by atoms with Crippen molar-refractivity contribution in [3.8, 4) is 0 Å². The molecule has 0 unspecified atom stereocenters. The number of amides is 3. The van der Waals surface area contributed by atoms with Gasteiger partial charge in [-0.3, -0.25) is 24.9 Å². The third kappa shape index (κ3) is 7.22. The zero-order chi connectivity index (χ0) is 28.2. The van der Waals surface area contributed by atoms with Gasteiger partial charge >= 0.3 is 12.1 Å². The van der Waals surface area contributed by atoms with Crippen LogP contribution in [0.3, 0.4) is 0 Å². The second kappa shape index (κ2) is 11.8. The molecular formula is C28H37N3O7. The van der Waals surface area contributed by atoms with Crippen LogP contribution in [0.1, 0.15) is 48.5 Å². The predicted octanol–water partition coefficient (Wildman–Crippen LogP) is 3.82. The fourth-order valence-corrected chi connectivity index (χ4v) is 3.88. The number of nitrogens with one attached hydrogen (secondary N) is 1. The van der Waals surface area contributed by atoms with Crippen LogP contribution in [0, 0.1) is 5.92 Å². The Morgan fingerprint density at radius 2 is 1.66 bits per heavy atom. The molecule has 38 heavy (non-hydrogen) atoms. The summed E-state index contributed by atoms with van der Waals surface area (Å²) in [6, 6.07) is 12.0. The molecule has 2 aromatic carbocycles. The molecule has 0 radical (unpaired) electrons. The Morgan fingerprint density at radius 3 is 2.26 bits per heavy atom. The number of nitrogens with zero attached hydrogens (tertiary/aromatic N) is 2. The standard InChI is InChI=1S/C28H37N3O7/c1-8-36-26(34)23-22(37-23)25(33)30(16-17(2)3)29-24(32)18(4)31(27(35)38-28(5,6)7)21-14-13-19-11-9-10-12-20(19)15-21/h9-15,17-18,22-23H,8,16H2,1-7H3,(H,29,32)/t18-,22+,23+/m0/s1. The Hall–Kier alpha value is -3.66. The molecule has 10 nitrogen and oxygen atoms in total. The summed E-state index contributed by atoms with van der Waals surface area (Å²) in [5, 5.41) is 3.01. The summed E-state index contributed by atoms with van der Waals surface area (Å²) in [6.45, 7) is 12.6. The van der Waals surface area contributed by atoms with Gasteiger partial charge in [0, 0.05) is 12.2 Å². The molecule has 1 aliphatic rings. The van der Waals surface area contributed by atoms with E-state index < -0.39 is 47.7 Å². The number of carbonyl (C=O) groups excluding carboxylic acids is 4. The van der Waals surface area contributed by atoms with Crippen molar-refractivity contribution in [3.63, 3.8) is 0 Å². The van der Waals surface area contributed by atoms with Crippen LogP contribution in [0.25, 0.3) is 10.8 Å². The van der Waals surface area contributed by atoms with Gasteiger partial charge in [-0.1, -0.05) is 44.2 Å². The first-order valence-electron chi connectivity index (χ1n) is 12.8. The maximum absolute atomic E-state index is 13.5. The Kier molecular flexibility index (Phi) is 8.98. The molecule has 3 atom stereocenters. The lowest BCUT2D eigenvalue weighted by atomic mass is 10.1. The lowest BCUT2D eigenvalue weighted by Crippen LogP contribution is -2.57. The maximum Gasteiger partial charge on any atom is 0.415 e. The minimum atomic E-state index is -1.05. The van der Waals surface area contributed by atoms with Gasteiger partial charge in [0.1, 0.15) is 11.6 Å². The van der Waals surface area contributed by atoms with Crippen molar-refractivity contribution in [2.75, 3.05) is 18.1 Å². The minimum absolute atomic E-state index is 0.00297. The number of rotatable bonds is 8. The number of hydrogen-bond donors (Lipinski definition) is 1. The highest BCUT2D eigenvalue weighted by Crippen LogP contribution is 2.27. The van der Waals surface area contributed by atoms with Gasteiger partial charge in [-0.15, -0.1) is 0 Å². The van der Waals surface area contributed by atoms with Gasteiger partial charge in [0.05, 0.1) is 6.61 Å². The number of hydrazine groups is 1. The molecule has 2 aromatic rings. The van der Waals surface area contributed by atoms with Crippen molar-refractivity contribution in [1.29, 1.82) is 0 Å². The topological polar surface area (TPSA) is 118 Å². The van der Waals surface area contributed by atoms with Crippen molar-refractivity contribution in [3.05, 3.63) is 42.5 Å². The molecule has 1 fully saturated rings. The summed E-state index contributed by atoms with van der Waals surface area (Å²) < 4.78 is 15.8. The van der Waals surface area contributed by atoms with E-state index in [1.54, 1.807) is 40.7 Å². The van der Waals surface area contributed by atoms with E-state index in [-0.39, 0.29) is 19.1 Å². The van der Waals surface area contributed by atoms with E-state index in [1.807, 2.05) is 50.2 Å². The van der Waals surface area contributed by atoms with Crippen LogP contribution in [-0.2, 0) is 28.6 Å². The van der Waals surface area contributed by atoms with Crippen molar-refractivity contribution in [2.24, 2.45) is 5.92 Å². The first kappa shape index (κ1) is 28.9. The number of anilines is 1. The highest BCUT2D eigenvalue weighted by Gasteiger charge is 2.53. The third-order valence-electron chi connectivity index (χ3n) is 5.68. The normalized spacial score (nSPS) is 17.5. The first-order chi connectivity index (χ1) is 17.8. The van der Waals surface area contributed by atoms with E-state index in [1.165, 1.54) is 4.90 Å². The Bertz CT molecular complexity index is 1190. The Balaban J connectivity index is 1.85. The van der Waals surface area contributed by atoms with Crippen LogP contribution in [-0.4, -0.2) is 65.9 Å². The van der Waals surface area contributed by atoms with Gasteiger partial charge in [0.2, 0.25) is 0 Å². The van der Waals surface area contributed by atoms with Gasteiger partial charge in [-0.05, 0) is 63.4 Å². The second-order valence-corrected chi connectivity index (χ2v) is 10.6. The molecule has 10 heteroatoms. The smallest absolute Gasteiger partial charge is 0.415 e. The Morgan fingerprint density at radius 1 is 1.00 bits per heavy atom. The quantitative estimate of drug-likeness (QED) is 0.315. The number of carbonyl (C=O) groups is 4. The van der Waals surface area contributed by atoms with E-state index >= 15 is 0 Å². The molecule has 206 valence electrons. The molecule has 1 saturated heterocycles. The molecule has 0 spiro atoms. The predicted molar refractivity (Wildman–Crippen MR) is 142 cm³/mol. The number of esters is 1. The second-order valence-electron chi connectivity index (χ2n) is 10.6. The van der Waals surface area contributed by atoms with Crippen molar-refractivity contribution >= 4 is 40.3 Å². The summed E-state index contributed by atoms with van der Waals surface area (Å²) in [7, 11) is 0. The van der Waals surface area contributed by atoms with Crippen LogP contribution < -0.4 is 10.3 Å². The van der Waals surface area contributed by atoms with Crippen LogP contribution in [0.2, 0.25) is 0 Å². The average Bonchev–Trinajstić information content (AvgIpc) is 3.63. The molecule has 1 N–H and O–H groups in total. The van der Waals surface area contributed by atoms with E-state index in [0.29, 0.717) is 5.69 Å². The summed E-state index contributed by atoms with van der Waals surface area (Å²) >= 11 is 0. The molecule has 1 heterocycles. The third-order valence-corrected chi connectivity index (χ3v) is 5.68. The van der Waals surface area contributed by atoms with Gasteiger partial charge < -0.3 is 14.2 Å². The maximum atomic E-state index is 13.5. The number of benzene rings is 2. The molecule has 3 amide bonds. The van der Waals surface area contributed by atoms with Gasteiger partial charge in [-0.25, -0.2) is 9.59 Å². The van der Waals surface area contributed by atoms with Crippen molar-refractivity contribution < 1.29 is 33.4 Å². The van der Waals surface area contributed by atoms with E-state index in [4.69, 9.17) is 14.2 Å². The summed E-state index contributed by atoms with van der Waals surface area (Å²) in [5.74, 6) is -1.79. The van der Waals surface area contributed by atoms with Crippen LogP contribution in [0.15, 0.2) is 42.5 Å². The van der Waals surface area contributed by atoms with Crippen molar-refractivity contribution in [1.82, 2.24) is 10.4 Å². The lowest BCUT2D eigenvalue weighted by molar-refractivity contribution is -0.145. The van der Waals surface area contributed by atoms with Crippen LogP contribution in [0.5, 0.6) is 0 Å². The molecule has 1 aliphatic heterocycles. The minimum Gasteiger partial charge on any atom is -0.464 e. The number of epoxide rings is 1. The van der Waals surface area contributed by atoms with Gasteiger partial charge in [0.25, 0.3) is 11.8 Å². The Labute approximate surface area is 223 Å². The summed E-state index contributed by atoms with van der Waals surface area (Å²) in [5.41, 5.74) is 2.30. The number of ether oxygens (including phenoxy) is 3. The molecule has 0 aromatic heterocycles. The van der Waals surface area contributed by atoms with Gasteiger partial charge in [-0.2, -0.15) is 0 Å².